The molecule has 0 amide bonds. The molecule has 0 aliphatic heterocycles. The summed E-state index contributed by atoms with van der Waals surface area (Å²) in [4.78, 5) is 4.65. The second kappa shape index (κ2) is 6.31. The van der Waals surface area contributed by atoms with Gasteiger partial charge in [0.15, 0.2) is 5.13 Å². The molecule has 1 aliphatic carbocycles. The molecule has 0 radical (unpaired) electrons. The third-order valence-electron chi connectivity index (χ3n) is 4.22. The maximum atomic E-state index is 6.02. The first-order valence-electron chi connectivity index (χ1n) is 7.57. The normalized spacial score (nSPS) is 23.1. The molecule has 1 aromatic carbocycles. The van der Waals surface area contributed by atoms with Gasteiger partial charge in [-0.05, 0) is 49.8 Å². The van der Waals surface area contributed by atoms with Crippen LogP contribution in [0.5, 0.6) is 0 Å². The third-order valence-corrected chi connectivity index (χ3v) is 5.41. The van der Waals surface area contributed by atoms with Crippen molar-refractivity contribution in [2.45, 2.75) is 51.5 Å². The first-order chi connectivity index (χ1) is 9.74. The number of rotatable bonds is 4. The molecule has 4 heteroatoms. The van der Waals surface area contributed by atoms with Gasteiger partial charge in [-0.25, -0.2) is 4.98 Å². The summed E-state index contributed by atoms with van der Waals surface area (Å²) >= 11 is 7.73. The maximum absolute atomic E-state index is 6.02. The highest BCUT2D eigenvalue weighted by atomic mass is 35.5. The van der Waals surface area contributed by atoms with E-state index in [9.17, 15) is 0 Å². The van der Waals surface area contributed by atoms with Crippen LogP contribution in [0.15, 0.2) is 18.2 Å². The Hall–Kier alpha value is -0.800. The average Bonchev–Trinajstić information content (AvgIpc) is 2.82. The number of anilines is 1. The molecule has 1 heterocycles. The van der Waals surface area contributed by atoms with E-state index in [0.717, 1.165) is 21.6 Å². The van der Waals surface area contributed by atoms with E-state index in [1.54, 1.807) is 11.3 Å². The topological polar surface area (TPSA) is 24.9 Å². The van der Waals surface area contributed by atoms with Gasteiger partial charge >= 0.3 is 0 Å². The van der Waals surface area contributed by atoms with Crippen molar-refractivity contribution in [1.29, 1.82) is 0 Å². The molecule has 2 nitrogen and oxygen atoms in total. The predicted octanol–water partition coefficient (Wildman–Crippen LogP) is 5.72. The van der Waals surface area contributed by atoms with E-state index in [1.165, 1.54) is 43.2 Å². The molecule has 1 aromatic heterocycles. The smallest absolute Gasteiger partial charge is 0.184 e. The summed E-state index contributed by atoms with van der Waals surface area (Å²) in [6.07, 6.45) is 8.00. The summed E-state index contributed by atoms with van der Waals surface area (Å²) in [6.45, 7) is 2.29. The molecule has 1 aliphatic rings. The number of hydrogen-bond donors (Lipinski definition) is 1. The van der Waals surface area contributed by atoms with Crippen LogP contribution in [0.3, 0.4) is 0 Å². The zero-order valence-corrected chi connectivity index (χ0v) is 13.4. The molecule has 20 heavy (non-hydrogen) atoms. The van der Waals surface area contributed by atoms with E-state index in [-0.39, 0.29) is 0 Å². The predicted molar refractivity (Wildman–Crippen MR) is 88.9 cm³/mol. The number of aromatic nitrogens is 1. The van der Waals surface area contributed by atoms with Crippen LogP contribution in [0, 0.1) is 5.92 Å². The summed E-state index contributed by atoms with van der Waals surface area (Å²) in [7, 11) is 0. The second-order valence-electron chi connectivity index (χ2n) is 5.78. The van der Waals surface area contributed by atoms with E-state index in [4.69, 9.17) is 11.6 Å². The summed E-state index contributed by atoms with van der Waals surface area (Å²) < 4.78 is 1.17. The standard InChI is InChI=1S/C16H21ClN2S/c1-2-3-11-4-7-13(8-5-11)18-16-19-14-9-6-12(17)10-15(14)20-16/h6,9-11,13H,2-5,7-8H2,1H3,(H,18,19). The fraction of sp³-hybridized carbons (Fsp3) is 0.562. The van der Waals surface area contributed by atoms with Gasteiger partial charge in [-0.1, -0.05) is 42.7 Å². The van der Waals surface area contributed by atoms with Gasteiger partial charge < -0.3 is 5.32 Å². The third kappa shape index (κ3) is 3.26. The summed E-state index contributed by atoms with van der Waals surface area (Å²) in [6, 6.07) is 6.50. The van der Waals surface area contributed by atoms with E-state index < -0.39 is 0 Å². The highest BCUT2D eigenvalue weighted by Gasteiger charge is 2.21. The number of thiazole rings is 1. The van der Waals surface area contributed by atoms with Crippen LogP contribution >= 0.6 is 22.9 Å². The van der Waals surface area contributed by atoms with Gasteiger partial charge in [0.2, 0.25) is 0 Å². The molecule has 1 fully saturated rings. The minimum atomic E-state index is 0.596. The van der Waals surface area contributed by atoms with E-state index in [1.807, 2.05) is 18.2 Å². The van der Waals surface area contributed by atoms with Crippen molar-refractivity contribution < 1.29 is 0 Å². The van der Waals surface area contributed by atoms with Gasteiger partial charge in [0, 0.05) is 11.1 Å². The number of fused-ring (bicyclic) bond motifs is 1. The minimum Gasteiger partial charge on any atom is -0.359 e. The fourth-order valence-electron chi connectivity index (χ4n) is 3.14. The maximum Gasteiger partial charge on any atom is 0.184 e. The van der Waals surface area contributed by atoms with Crippen LogP contribution in [0.2, 0.25) is 5.02 Å². The quantitative estimate of drug-likeness (QED) is 0.781. The summed E-state index contributed by atoms with van der Waals surface area (Å²) in [5.41, 5.74) is 1.04. The fourth-order valence-corrected chi connectivity index (χ4v) is 4.36. The SMILES string of the molecule is CCCC1CCC(Nc2nc3ccc(Cl)cc3s2)CC1. The number of halogens is 1. The Morgan fingerprint density at radius 2 is 2.10 bits per heavy atom. The Labute approximate surface area is 129 Å². The molecule has 1 N–H and O–H groups in total. The number of benzene rings is 1. The van der Waals surface area contributed by atoms with Crippen molar-refractivity contribution in [3.8, 4) is 0 Å². The highest BCUT2D eigenvalue weighted by molar-refractivity contribution is 7.22. The van der Waals surface area contributed by atoms with Gasteiger partial charge in [0.05, 0.1) is 10.2 Å². The van der Waals surface area contributed by atoms with Crippen LogP contribution < -0.4 is 5.32 Å². The summed E-state index contributed by atoms with van der Waals surface area (Å²) in [5.74, 6) is 0.951. The van der Waals surface area contributed by atoms with Crippen LogP contribution in [0.4, 0.5) is 5.13 Å². The van der Waals surface area contributed by atoms with E-state index in [2.05, 4.69) is 17.2 Å². The monoisotopic (exact) mass is 308 g/mol. The molecule has 0 unspecified atom stereocenters. The van der Waals surface area contributed by atoms with Crippen molar-refractivity contribution >= 4 is 38.3 Å². The lowest BCUT2D eigenvalue weighted by molar-refractivity contribution is 0.319. The van der Waals surface area contributed by atoms with Gasteiger partial charge in [-0.15, -0.1) is 0 Å². The molecule has 108 valence electrons. The van der Waals surface area contributed by atoms with Gasteiger partial charge in [-0.3, -0.25) is 0 Å². The molecular weight excluding hydrogens is 288 g/mol. The van der Waals surface area contributed by atoms with Crippen LogP contribution in [-0.2, 0) is 0 Å². The molecule has 0 spiro atoms. The van der Waals surface area contributed by atoms with E-state index in [0.29, 0.717) is 6.04 Å². The molecule has 0 saturated heterocycles. The van der Waals surface area contributed by atoms with E-state index >= 15 is 0 Å². The number of hydrogen-bond acceptors (Lipinski definition) is 3. The zero-order valence-electron chi connectivity index (χ0n) is 11.9. The molecule has 0 atom stereocenters. The first kappa shape index (κ1) is 14.2. The lowest BCUT2D eigenvalue weighted by Gasteiger charge is -2.28. The molecule has 0 bridgehead atoms. The van der Waals surface area contributed by atoms with Gasteiger partial charge in [0.1, 0.15) is 0 Å². The molecule has 1 saturated carbocycles. The van der Waals surface area contributed by atoms with Gasteiger partial charge in [-0.2, -0.15) is 0 Å². The van der Waals surface area contributed by atoms with Crippen molar-refractivity contribution in [1.82, 2.24) is 4.98 Å². The van der Waals surface area contributed by atoms with Crippen molar-refractivity contribution in [2.24, 2.45) is 5.92 Å². The second-order valence-corrected chi connectivity index (χ2v) is 7.25. The Kier molecular flexibility index (Phi) is 4.47. The van der Waals surface area contributed by atoms with Crippen molar-refractivity contribution in [3.63, 3.8) is 0 Å². The highest BCUT2D eigenvalue weighted by Crippen LogP contribution is 2.32. The Morgan fingerprint density at radius 3 is 2.85 bits per heavy atom. The lowest BCUT2D eigenvalue weighted by atomic mass is 9.83. The first-order valence-corrected chi connectivity index (χ1v) is 8.76. The van der Waals surface area contributed by atoms with Crippen molar-refractivity contribution in [2.75, 3.05) is 5.32 Å². The van der Waals surface area contributed by atoms with Gasteiger partial charge in [0.25, 0.3) is 0 Å². The van der Waals surface area contributed by atoms with Crippen molar-refractivity contribution in [3.05, 3.63) is 23.2 Å². The Bertz CT molecular complexity index is 573. The molecule has 2 aromatic rings. The minimum absolute atomic E-state index is 0.596. The van der Waals surface area contributed by atoms with Crippen LogP contribution in [-0.4, -0.2) is 11.0 Å². The Balaban J connectivity index is 1.62. The largest absolute Gasteiger partial charge is 0.359 e. The number of nitrogens with zero attached hydrogens (tertiary/aromatic N) is 1. The molecular formula is C16H21ClN2S. The molecule has 3 rings (SSSR count). The number of nitrogens with one attached hydrogen (secondary N) is 1. The Morgan fingerprint density at radius 1 is 1.30 bits per heavy atom. The zero-order chi connectivity index (χ0) is 13.9. The summed E-state index contributed by atoms with van der Waals surface area (Å²) in [5, 5.41) is 5.44. The van der Waals surface area contributed by atoms with Crippen LogP contribution in [0.25, 0.3) is 10.2 Å². The average molecular weight is 309 g/mol. The van der Waals surface area contributed by atoms with Crippen LogP contribution in [0.1, 0.15) is 45.4 Å². The lowest BCUT2D eigenvalue weighted by Crippen LogP contribution is -2.25.